The number of likely N-dealkylation sites (N-methyl/N-ethyl adjacent to an activating group) is 12. The Hall–Kier alpha value is -2.54. The van der Waals surface area contributed by atoms with Crippen LogP contribution in [0, 0.1) is 51.8 Å². The monoisotopic (exact) mass is 2020 g/mol. The number of nitrogens with one attached hydrogen (secondary N) is 4. The van der Waals surface area contributed by atoms with Crippen LogP contribution in [-0.4, -0.2) is 607 Å². The van der Waals surface area contributed by atoms with Crippen molar-refractivity contribution in [1.29, 1.82) is 0 Å². The van der Waals surface area contributed by atoms with Crippen LogP contribution in [0.15, 0.2) is 10.3 Å². The standard InChI is InChI=1S/C8H17N3O.C8H16N2.C7H13F3N2.C7H15FN2.C7H14N2.4C7H16N2.C6H12N2O.C6H12N2.3C6H14N2.C5H12N2.C3H9N/c1-11-4-3-7(5-9)8(6-11)10-12-2;1-8-3-7(9)6(8)4-10(2)5-8;1-12-3-5(2-11)6(4-12)7(8,9)10;1-10-3-2-7(4-8,5-9)6-10;1-9-4-6(8)7(5-9)2-3-7;1-6-4-9(3)5-7(2)8-6;1-7-6-8(2)4-5-9(7)3;1-8-7-4-3-5-9(2)6-7;1-3-9-6-4-8(2)5-7-9;1-8-4-2-6(7-9)3-5-8;1-8-2-4-5(3-8)6(4)7;1-7-3-5-8(2)6-4-7;1-6-5-8(2)4-3-7-6;1-8-4-2-6(7)3-5-8;1-7-4-2-6-3-5-7;1-4(2)3/h7H,3-6,9H2,1-2H3;6-7H,3-5,9H2,1-2H3;5-6H,2-4,11H2,1H3;2-6,9H2,1H3;6H,2-5,8H2,1H3;6-8H,4-5H2,1-3H3;7H,4-6H2,1-3H3;7-8H,3-6H2,1-2H3;3-7H2,1-2H3;9H,2-5H2,1H3;4-6H,2-3,7H2,1H3;3-6H2,1-2H3;6-7H,3-5H2,1-2H3;6H,2-5,7H2,1H3;6H,2-5H2,1H3;1-3H3/b10-8-;;;;;;;;;;;;;;;/t;6-,7-,8-;5-,6-;7-;6-;;;;;;4-,5+,6?;;;;;/m.0011.........../s1. The molecule has 0 amide bonds. The summed E-state index contributed by atoms with van der Waals surface area (Å²) < 4.78 is 49.3. The number of nitrogens with zero attached hydrogens (tertiary/aromatic N) is 21. The molecule has 38 heteroatoms. The van der Waals surface area contributed by atoms with Gasteiger partial charge in [-0.1, -0.05) is 24.2 Å². The first-order chi connectivity index (χ1) is 66.4. The Labute approximate surface area is 860 Å². The number of hydrogen-bond acceptors (Lipinski definition) is 34. The number of hydrogen-bond donors (Lipinski definition) is 12. The molecule has 0 aromatic rings. The van der Waals surface area contributed by atoms with E-state index in [0.717, 1.165) is 132 Å². The van der Waals surface area contributed by atoms with Crippen LogP contribution in [0.4, 0.5) is 17.6 Å². The molecule has 19 N–H and O–H groups in total. The average Bonchev–Trinajstić information content (AvgIpc) is 1.60. The van der Waals surface area contributed by atoms with Crippen LogP contribution in [0.2, 0.25) is 0 Å². The fraction of sp³-hybridized carbons (Fsp3) is 0.981. The molecule has 18 fully saturated rings. The van der Waals surface area contributed by atoms with E-state index in [9.17, 15) is 17.6 Å². The second kappa shape index (κ2) is 70.6. The van der Waals surface area contributed by atoms with Gasteiger partial charge in [0, 0.05) is 308 Å². The average molecular weight is 2020 g/mol. The number of likely N-dealkylation sites (tertiary alicyclic amines) is 9. The van der Waals surface area contributed by atoms with Crippen molar-refractivity contribution in [1.82, 2.24) is 114 Å². The van der Waals surface area contributed by atoms with Gasteiger partial charge in [-0.3, -0.25) is 4.39 Å². The summed E-state index contributed by atoms with van der Waals surface area (Å²) in [6, 6.07) is 5.51. The maximum absolute atomic E-state index is 12.4. The highest BCUT2D eigenvalue weighted by Gasteiger charge is 2.55. The Morgan fingerprint density at radius 1 is 0.504 bits per heavy atom. The molecule has 34 nitrogen and oxygen atoms in total. The summed E-state index contributed by atoms with van der Waals surface area (Å²) >= 11 is 0. The fourth-order valence-corrected chi connectivity index (χ4v) is 21.4. The predicted octanol–water partition coefficient (Wildman–Crippen LogP) is 1.81. The molecule has 0 aromatic heterocycles. The van der Waals surface area contributed by atoms with Crippen molar-refractivity contribution in [2.24, 2.45) is 102 Å². The molecule has 0 radical (unpaired) electrons. The molecule has 16 atom stereocenters. The molecule has 838 valence electrons. The second-order valence-electron chi connectivity index (χ2n) is 46.7. The Morgan fingerprint density at radius 2 is 0.993 bits per heavy atom. The normalized spacial score (nSPS) is 33.1. The number of nitrogens with two attached hydrogens (primary N) is 7. The zero-order chi connectivity index (χ0) is 106. The first kappa shape index (κ1) is 133. The molecular weight excluding hydrogens is 1790 g/mol. The molecular formula is C103H226F4N32O2. The summed E-state index contributed by atoms with van der Waals surface area (Å²) in [7, 11) is 45.7. The topological polar surface area (TPSA) is 346 Å². The SMILES string of the molecule is CC1CN(C)CC(C)N1.CC1CN(C)CCN1.CC1CN(C)CCN1C.CCN1CCN(C)CC1.CN(C)C.CN1CCC(=NO)CC1.CN1CCC(N)CC1.CN1CCN(C)CC1.CN1CCNCC1.CN1CC[C@](CN)(CF)C1.CN1C[C@@H](N)C2(CC2)C1.CN1C[C@@H]2C(N)[C@@H]2C1.CN1C[C@H](CN)[C@@H](C(F)(F)F)C1.CN1C[C@H]2[C@@H](N)C[C@@]2(C)C1.CNC1CCCN(C)C1.CO/N=C1/CN(C)CCC1CN. The van der Waals surface area contributed by atoms with Gasteiger partial charge in [-0.25, -0.2) is 0 Å². The van der Waals surface area contributed by atoms with Gasteiger partial charge in [0.1, 0.15) is 7.11 Å². The van der Waals surface area contributed by atoms with E-state index in [0.29, 0.717) is 78.7 Å². The Balaban J connectivity index is 0.000000388. The Bertz CT molecular complexity index is 3050. The van der Waals surface area contributed by atoms with E-state index in [1.807, 2.05) is 40.1 Å². The van der Waals surface area contributed by atoms with Crippen LogP contribution >= 0.6 is 0 Å². The minimum atomic E-state index is -4.09. The first-order valence-electron chi connectivity index (χ1n) is 54.4. The fourth-order valence-electron chi connectivity index (χ4n) is 21.4. The van der Waals surface area contributed by atoms with Gasteiger partial charge < -0.3 is 165 Å². The molecule has 3 saturated carbocycles. The molecule has 15 heterocycles. The number of fused-ring (bicyclic) bond motifs is 2. The highest BCUT2D eigenvalue weighted by molar-refractivity contribution is 5.89. The smallest absolute Gasteiger partial charge is 0.393 e. The Morgan fingerprint density at radius 3 is 1.35 bits per heavy atom. The minimum absolute atomic E-state index is 0.0887. The van der Waals surface area contributed by atoms with E-state index in [2.05, 4.69) is 262 Å². The third-order valence-electron chi connectivity index (χ3n) is 31.5. The number of piperazine rings is 6. The van der Waals surface area contributed by atoms with Gasteiger partial charge in [0.2, 0.25) is 0 Å². The summed E-state index contributed by atoms with van der Waals surface area (Å²) in [6.45, 7) is 58.6. The van der Waals surface area contributed by atoms with Gasteiger partial charge in [0.15, 0.2) is 0 Å². The van der Waals surface area contributed by atoms with Crippen LogP contribution < -0.4 is 61.4 Å². The third kappa shape index (κ3) is 55.4. The molecule has 0 aromatic carbocycles. The largest absolute Gasteiger partial charge is 0.411 e. The summed E-state index contributed by atoms with van der Waals surface area (Å²) in [5, 5.41) is 28.9. The lowest BCUT2D eigenvalue weighted by Crippen LogP contribution is -2.53. The molecule has 7 unspecified atom stereocenters. The zero-order valence-corrected chi connectivity index (χ0v) is 95.6. The highest BCUT2D eigenvalue weighted by Crippen LogP contribution is 2.52. The van der Waals surface area contributed by atoms with Crippen LogP contribution in [0.3, 0.4) is 0 Å². The summed E-state index contributed by atoms with van der Waals surface area (Å²) in [4.78, 5) is 48.3. The molecule has 141 heavy (non-hydrogen) atoms. The summed E-state index contributed by atoms with van der Waals surface area (Å²) in [5.41, 5.74) is 42.5. The van der Waals surface area contributed by atoms with Crippen molar-refractivity contribution in [3.8, 4) is 0 Å². The molecule has 15 saturated heterocycles. The molecule has 3 aliphatic carbocycles. The van der Waals surface area contributed by atoms with Crippen LogP contribution in [0.25, 0.3) is 0 Å². The van der Waals surface area contributed by atoms with Crippen molar-refractivity contribution < 1.29 is 27.6 Å². The van der Waals surface area contributed by atoms with E-state index >= 15 is 0 Å². The molecule has 1 spiro atoms. The lowest BCUT2D eigenvalue weighted by atomic mass is 9.60. The van der Waals surface area contributed by atoms with Gasteiger partial charge in [-0.05, 0) is 314 Å². The van der Waals surface area contributed by atoms with Crippen molar-refractivity contribution in [2.45, 2.75) is 173 Å². The number of oxime groups is 2. The van der Waals surface area contributed by atoms with Crippen LogP contribution in [0.1, 0.15) is 112 Å². The van der Waals surface area contributed by atoms with Crippen LogP contribution in [0.5, 0.6) is 0 Å². The van der Waals surface area contributed by atoms with Crippen molar-refractivity contribution >= 4 is 11.4 Å². The summed E-state index contributed by atoms with van der Waals surface area (Å²) in [6.07, 6.45) is 8.80. The van der Waals surface area contributed by atoms with Gasteiger partial charge in [-0.2, -0.15) is 13.2 Å². The maximum Gasteiger partial charge on any atom is 0.393 e. The molecule has 18 aliphatic rings. The molecule has 18 rings (SSSR count). The number of alkyl halides is 4. The number of halogens is 4. The van der Waals surface area contributed by atoms with Crippen molar-refractivity contribution in [3.63, 3.8) is 0 Å². The number of piperidine rings is 5. The maximum atomic E-state index is 12.4. The molecule has 15 aliphatic heterocycles. The van der Waals surface area contributed by atoms with E-state index in [4.69, 9.17) is 50.2 Å². The highest BCUT2D eigenvalue weighted by atomic mass is 19.4. The van der Waals surface area contributed by atoms with Crippen molar-refractivity contribution in [3.05, 3.63) is 0 Å². The Kier molecular flexibility index (Phi) is 66.4. The number of rotatable bonds is 7. The summed E-state index contributed by atoms with van der Waals surface area (Å²) in [5.74, 6) is 1.28. The predicted molar refractivity (Wildman–Crippen MR) is 588 cm³/mol. The quantitative estimate of drug-likeness (QED) is 0.0982. The van der Waals surface area contributed by atoms with E-state index in [-0.39, 0.29) is 25.2 Å². The lowest BCUT2D eigenvalue weighted by Gasteiger charge is -2.46. The lowest BCUT2D eigenvalue weighted by molar-refractivity contribution is -0.179. The van der Waals surface area contributed by atoms with Gasteiger partial charge in [0.05, 0.1) is 24.0 Å². The van der Waals surface area contributed by atoms with Crippen molar-refractivity contribution in [2.75, 3.05) is 437 Å². The second-order valence-corrected chi connectivity index (χ2v) is 46.7. The van der Waals surface area contributed by atoms with E-state index < -0.39 is 18.0 Å². The van der Waals surface area contributed by atoms with E-state index in [1.165, 1.54) is 222 Å². The van der Waals surface area contributed by atoms with Crippen LogP contribution in [-0.2, 0) is 4.84 Å². The van der Waals surface area contributed by atoms with Gasteiger partial charge >= 0.3 is 6.18 Å². The first-order valence-corrected chi connectivity index (χ1v) is 54.4. The minimum Gasteiger partial charge on any atom is -0.411 e. The van der Waals surface area contributed by atoms with Gasteiger partial charge in [0.25, 0.3) is 0 Å². The molecule has 0 bridgehead atoms. The zero-order valence-electron chi connectivity index (χ0n) is 95.6. The van der Waals surface area contributed by atoms with E-state index in [1.54, 1.807) is 19.1 Å². The third-order valence-corrected chi connectivity index (χ3v) is 31.5. The van der Waals surface area contributed by atoms with Gasteiger partial charge in [-0.15, -0.1) is 0 Å².